The molecule has 1 saturated heterocycles. The number of amides is 1. The maximum Gasteiger partial charge on any atom is 0.272 e. The van der Waals surface area contributed by atoms with Crippen LogP contribution in [0.2, 0.25) is 0 Å². The van der Waals surface area contributed by atoms with Crippen LogP contribution in [-0.2, 0) is 0 Å². The van der Waals surface area contributed by atoms with E-state index < -0.39 is 0 Å². The number of hydrogen-bond acceptors (Lipinski definition) is 3. The standard InChI is InChI=1S/C17H20FN3OS/c1-23-17-19-12-15(16(22)20-10-4-2-3-5-11-20)21(17)14-8-6-13(18)7-9-14/h6-9,12H,2-5,10-11H2,1H3. The molecule has 23 heavy (non-hydrogen) atoms. The Balaban J connectivity index is 1.97. The van der Waals surface area contributed by atoms with E-state index in [4.69, 9.17) is 0 Å². The van der Waals surface area contributed by atoms with E-state index in [2.05, 4.69) is 4.98 Å². The Hall–Kier alpha value is -1.82. The van der Waals surface area contributed by atoms with Gasteiger partial charge in [-0.2, -0.15) is 0 Å². The largest absolute Gasteiger partial charge is 0.337 e. The highest BCUT2D eigenvalue weighted by atomic mass is 32.2. The number of hydrogen-bond donors (Lipinski definition) is 0. The average molecular weight is 333 g/mol. The molecule has 122 valence electrons. The minimum absolute atomic E-state index is 0.00373. The van der Waals surface area contributed by atoms with Crippen molar-refractivity contribution in [1.29, 1.82) is 0 Å². The maximum absolute atomic E-state index is 13.2. The third-order valence-electron chi connectivity index (χ3n) is 4.11. The summed E-state index contributed by atoms with van der Waals surface area (Å²) in [4.78, 5) is 19.2. The SMILES string of the molecule is CSc1ncc(C(=O)N2CCCCCC2)n1-c1ccc(F)cc1. The predicted octanol–water partition coefficient (Wildman–Crippen LogP) is 3.75. The number of benzene rings is 1. The van der Waals surface area contributed by atoms with Crippen LogP contribution in [0.3, 0.4) is 0 Å². The highest BCUT2D eigenvalue weighted by molar-refractivity contribution is 7.98. The molecular formula is C17H20FN3OS. The second-order valence-corrected chi connectivity index (χ2v) is 6.42. The molecule has 0 unspecified atom stereocenters. The van der Waals surface area contributed by atoms with E-state index >= 15 is 0 Å². The van der Waals surface area contributed by atoms with Gasteiger partial charge in [0, 0.05) is 18.8 Å². The van der Waals surface area contributed by atoms with Gasteiger partial charge in [-0.05, 0) is 43.4 Å². The number of imidazole rings is 1. The van der Waals surface area contributed by atoms with Gasteiger partial charge in [0.15, 0.2) is 5.16 Å². The van der Waals surface area contributed by atoms with Crippen molar-refractivity contribution in [3.8, 4) is 5.69 Å². The van der Waals surface area contributed by atoms with Gasteiger partial charge in [-0.25, -0.2) is 9.37 Å². The van der Waals surface area contributed by atoms with Crippen molar-refractivity contribution in [2.75, 3.05) is 19.3 Å². The molecule has 0 spiro atoms. The molecule has 0 bridgehead atoms. The Labute approximate surface area is 139 Å². The summed E-state index contributed by atoms with van der Waals surface area (Å²) in [5.74, 6) is -0.288. The predicted molar refractivity (Wildman–Crippen MR) is 89.7 cm³/mol. The van der Waals surface area contributed by atoms with E-state index in [1.54, 1.807) is 18.3 Å². The molecule has 3 rings (SSSR count). The van der Waals surface area contributed by atoms with Gasteiger partial charge in [0.25, 0.3) is 5.91 Å². The molecule has 4 nitrogen and oxygen atoms in total. The quantitative estimate of drug-likeness (QED) is 0.803. The van der Waals surface area contributed by atoms with Gasteiger partial charge < -0.3 is 4.90 Å². The van der Waals surface area contributed by atoms with Gasteiger partial charge in [0.05, 0.1) is 6.20 Å². The molecule has 1 aromatic heterocycles. The topological polar surface area (TPSA) is 38.1 Å². The normalized spacial score (nSPS) is 15.5. The summed E-state index contributed by atoms with van der Waals surface area (Å²) in [6.45, 7) is 1.59. The molecule has 2 heterocycles. The van der Waals surface area contributed by atoms with Gasteiger partial charge in [-0.15, -0.1) is 0 Å². The number of likely N-dealkylation sites (tertiary alicyclic amines) is 1. The maximum atomic E-state index is 13.2. The minimum atomic E-state index is -0.292. The first-order chi connectivity index (χ1) is 11.2. The molecule has 1 aliphatic rings. The zero-order valence-corrected chi connectivity index (χ0v) is 14.0. The first-order valence-electron chi connectivity index (χ1n) is 7.87. The molecule has 1 aromatic carbocycles. The third kappa shape index (κ3) is 3.42. The van der Waals surface area contributed by atoms with Crippen LogP contribution in [0.15, 0.2) is 35.6 Å². The lowest BCUT2D eigenvalue weighted by atomic mass is 10.2. The van der Waals surface area contributed by atoms with Gasteiger partial charge in [0.1, 0.15) is 11.5 Å². The molecule has 2 aromatic rings. The highest BCUT2D eigenvalue weighted by Crippen LogP contribution is 2.23. The second-order valence-electron chi connectivity index (χ2n) is 5.65. The van der Waals surface area contributed by atoms with E-state index in [1.807, 2.05) is 15.7 Å². The van der Waals surface area contributed by atoms with Crippen LogP contribution in [0, 0.1) is 5.82 Å². The summed E-state index contributed by atoms with van der Waals surface area (Å²) in [5.41, 5.74) is 1.30. The van der Waals surface area contributed by atoms with Gasteiger partial charge in [-0.3, -0.25) is 9.36 Å². The van der Waals surface area contributed by atoms with E-state index in [9.17, 15) is 9.18 Å². The fraction of sp³-hybridized carbons (Fsp3) is 0.412. The van der Waals surface area contributed by atoms with E-state index in [1.165, 1.54) is 36.7 Å². The number of carbonyl (C=O) groups excluding carboxylic acids is 1. The van der Waals surface area contributed by atoms with Crippen LogP contribution in [-0.4, -0.2) is 39.7 Å². The Morgan fingerprint density at radius 2 is 1.78 bits per heavy atom. The fourth-order valence-corrected chi connectivity index (χ4v) is 3.45. The number of aromatic nitrogens is 2. The van der Waals surface area contributed by atoms with Crippen LogP contribution in [0.1, 0.15) is 36.2 Å². The smallest absolute Gasteiger partial charge is 0.272 e. The number of rotatable bonds is 3. The minimum Gasteiger partial charge on any atom is -0.337 e. The van der Waals surface area contributed by atoms with Crippen molar-refractivity contribution in [2.45, 2.75) is 30.8 Å². The average Bonchev–Trinajstić information content (AvgIpc) is 2.81. The molecule has 1 fully saturated rings. The molecule has 0 saturated carbocycles. The lowest BCUT2D eigenvalue weighted by molar-refractivity contribution is 0.0753. The van der Waals surface area contributed by atoms with Crippen molar-refractivity contribution in [3.05, 3.63) is 42.0 Å². The van der Waals surface area contributed by atoms with E-state index in [0.29, 0.717) is 5.69 Å². The van der Waals surface area contributed by atoms with Crippen molar-refractivity contribution in [3.63, 3.8) is 0 Å². The molecule has 0 aliphatic carbocycles. The number of halogens is 1. The van der Waals surface area contributed by atoms with E-state index in [-0.39, 0.29) is 11.7 Å². The number of nitrogens with zero attached hydrogens (tertiary/aromatic N) is 3. The summed E-state index contributed by atoms with van der Waals surface area (Å²) in [6, 6.07) is 6.16. The summed E-state index contributed by atoms with van der Waals surface area (Å²) in [7, 11) is 0. The number of thioether (sulfide) groups is 1. The number of carbonyl (C=O) groups is 1. The monoisotopic (exact) mass is 333 g/mol. The Morgan fingerprint density at radius 1 is 1.13 bits per heavy atom. The third-order valence-corrected chi connectivity index (χ3v) is 4.76. The van der Waals surface area contributed by atoms with Gasteiger partial charge in [-0.1, -0.05) is 24.6 Å². The van der Waals surface area contributed by atoms with Crippen LogP contribution in [0.5, 0.6) is 0 Å². The van der Waals surface area contributed by atoms with E-state index in [0.717, 1.165) is 36.8 Å². The van der Waals surface area contributed by atoms with Crippen molar-refractivity contribution < 1.29 is 9.18 Å². The first kappa shape index (κ1) is 16.1. The molecule has 0 atom stereocenters. The summed E-state index contributed by atoms with van der Waals surface area (Å²) >= 11 is 1.47. The first-order valence-corrected chi connectivity index (χ1v) is 9.10. The molecule has 6 heteroatoms. The van der Waals surface area contributed by atoms with Gasteiger partial charge in [0.2, 0.25) is 0 Å². The Bertz CT molecular complexity index is 676. The van der Waals surface area contributed by atoms with Crippen molar-refractivity contribution in [1.82, 2.24) is 14.5 Å². The molecular weight excluding hydrogens is 313 g/mol. The molecule has 0 N–H and O–H groups in total. The van der Waals surface area contributed by atoms with Crippen molar-refractivity contribution >= 4 is 17.7 Å². The highest BCUT2D eigenvalue weighted by Gasteiger charge is 2.23. The van der Waals surface area contributed by atoms with Crippen molar-refractivity contribution in [2.24, 2.45) is 0 Å². The molecule has 1 amide bonds. The van der Waals surface area contributed by atoms with Crippen LogP contribution < -0.4 is 0 Å². The van der Waals surface area contributed by atoms with Gasteiger partial charge >= 0.3 is 0 Å². The second kappa shape index (κ2) is 7.17. The summed E-state index contributed by atoms with van der Waals surface area (Å²) in [5, 5.41) is 0.731. The molecule has 1 aliphatic heterocycles. The molecule has 0 radical (unpaired) electrons. The lowest BCUT2D eigenvalue weighted by Crippen LogP contribution is -2.33. The Morgan fingerprint density at radius 3 is 2.39 bits per heavy atom. The lowest BCUT2D eigenvalue weighted by Gasteiger charge is -2.21. The van der Waals surface area contributed by atoms with Crippen LogP contribution >= 0.6 is 11.8 Å². The fourth-order valence-electron chi connectivity index (χ4n) is 2.91. The summed E-state index contributed by atoms with van der Waals surface area (Å²) < 4.78 is 15.0. The van der Waals surface area contributed by atoms with Crippen LogP contribution in [0.25, 0.3) is 5.69 Å². The zero-order valence-electron chi connectivity index (χ0n) is 13.2. The Kier molecular flexibility index (Phi) is 5.00. The van der Waals surface area contributed by atoms with Crippen LogP contribution in [0.4, 0.5) is 4.39 Å². The summed E-state index contributed by atoms with van der Waals surface area (Å²) in [6.07, 6.45) is 8.00. The zero-order chi connectivity index (χ0) is 16.2.